The minimum atomic E-state index is 0.583. The number of hydrogen-bond acceptors (Lipinski definition) is 4. The summed E-state index contributed by atoms with van der Waals surface area (Å²) in [5.74, 6) is 1.65. The molecule has 142 valence electrons. The van der Waals surface area contributed by atoms with E-state index in [0.717, 1.165) is 52.0 Å². The summed E-state index contributed by atoms with van der Waals surface area (Å²) >= 11 is 0. The van der Waals surface area contributed by atoms with Crippen molar-refractivity contribution < 1.29 is 4.74 Å². The van der Waals surface area contributed by atoms with E-state index in [0.29, 0.717) is 13.1 Å². The van der Waals surface area contributed by atoms with Gasteiger partial charge in [-0.2, -0.15) is 5.10 Å². The third kappa shape index (κ3) is 4.33. The second kappa shape index (κ2) is 8.69. The summed E-state index contributed by atoms with van der Waals surface area (Å²) in [6.07, 6.45) is 1.84. The van der Waals surface area contributed by atoms with Crippen LogP contribution in [-0.4, -0.2) is 34.4 Å². The Bertz CT molecular complexity index is 794. The van der Waals surface area contributed by atoms with Crippen LogP contribution in [0.15, 0.2) is 11.2 Å². The molecule has 0 fully saturated rings. The van der Waals surface area contributed by atoms with E-state index in [-0.39, 0.29) is 0 Å². The summed E-state index contributed by atoms with van der Waals surface area (Å²) in [7, 11) is 3.65. The smallest absolute Gasteiger partial charge is 0.191 e. The lowest BCUT2D eigenvalue weighted by molar-refractivity contribution is 0.406. The van der Waals surface area contributed by atoms with Crippen molar-refractivity contribution in [3.05, 3.63) is 40.0 Å². The van der Waals surface area contributed by atoms with Gasteiger partial charge in [0.25, 0.3) is 0 Å². The van der Waals surface area contributed by atoms with Gasteiger partial charge in [0.1, 0.15) is 5.75 Å². The van der Waals surface area contributed by atoms with Crippen molar-refractivity contribution in [2.75, 3.05) is 13.7 Å². The Labute approximate surface area is 155 Å². The molecule has 7 heteroatoms. The van der Waals surface area contributed by atoms with Crippen LogP contribution in [0, 0.1) is 27.7 Å². The van der Waals surface area contributed by atoms with Crippen LogP contribution >= 0.6 is 0 Å². The molecule has 26 heavy (non-hydrogen) atoms. The van der Waals surface area contributed by atoms with Crippen molar-refractivity contribution in [2.24, 2.45) is 12.0 Å². The molecule has 7 nitrogen and oxygen atoms in total. The number of hydrogen-bond donors (Lipinski definition) is 2. The molecule has 2 rings (SSSR count). The van der Waals surface area contributed by atoms with E-state index in [1.54, 1.807) is 7.11 Å². The molecule has 0 bridgehead atoms. The quantitative estimate of drug-likeness (QED) is 0.612. The van der Waals surface area contributed by atoms with E-state index in [2.05, 4.69) is 34.6 Å². The van der Waals surface area contributed by atoms with Crippen LogP contribution in [-0.2, 0) is 20.1 Å². The van der Waals surface area contributed by atoms with Gasteiger partial charge in [-0.3, -0.25) is 9.67 Å². The number of ether oxygens (including phenoxy) is 1. The van der Waals surface area contributed by atoms with Gasteiger partial charge in [-0.05, 0) is 34.6 Å². The van der Waals surface area contributed by atoms with E-state index in [1.807, 2.05) is 38.7 Å². The molecule has 0 unspecified atom stereocenters. The van der Waals surface area contributed by atoms with Crippen LogP contribution in [0.25, 0.3) is 0 Å². The lowest BCUT2D eigenvalue weighted by atomic mass is 10.1. The van der Waals surface area contributed by atoms with Gasteiger partial charge in [0, 0.05) is 42.2 Å². The lowest BCUT2D eigenvalue weighted by Gasteiger charge is -2.15. The molecular formula is C19H30N6O. The minimum absolute atomic E-state index is 0.583. The first-order valence-electron chi connectivity index (χ1n) is 8.89. The molecule has 0 atom stereocenters. The van der Waals surface area contributed by atoms with E-state index < -0.39 is 0 Å². The molecule has 0 aromatic carbocycles. The molecule has 2 heterocycles. The monoisotopic (exact) mass is 358 g/mol. The fraction of sp³-hybridized carbons (Fsp3) is 0.526. The number of pyridine rings is 1. The zero-order valence-corrected chi connectivity index (χ0v) is 16.9. The molecule has 0 aliphatic carbocycles. The molecule has 2 aromatic heterocycles. The Balaban J connectivity index is 2.13. The molecule has 0 saturated heterocycles. The van der Waals surface area contributed by atoms with E-state index in [9.17, 15) is 0 Å². The molecule has 0 radical (unpaired) electrons. The molecule has 0 aliphatic heterocycles. The van der Waals surface area contributed by atoms with Crippen LogP contribution in [0.4, 0.5) is 0 Å². The molecule has 0 amide bonds. The maximum atomic E-state index is 5.48. The maximum Gasteiger partial charge on any atom is 0.191 e. The summed E-state index contributed by atoms with van der Waals surface area (Å²) in [5, 5.41) is 11.1. The van der Waals surface area contributed by atoms with Gasteiger partial charge in [-0.15, -0.1) is 0 Å². The summed E-state index contributed by atoms with van der Waals surface area (Å²) in [4.78, 5) is 9.24. The third-order valence-corrected chi connectivity index (χ3v) is 4.57. The van der Waals surface area contributed by atoms with Gasteiger partial charge < -0.3 is 15.4 Å². The second-order valence-corrected chi connectivity index (χ2v) is 6.37. The SMILES string of the molecule is CCNC(=NCc1c(C)nn(C)c1C)NCc1ncc(C)c(OC)c1C. The first-order chi connectivity index (χ1) is 12.4. The predicted octanol–water partition coefficient (Wildman–Crippen LogP) is 2.31. The van der Waals surface area contributed by atoms with Gasteiger partial charge in [-0.1, -0.05) is 0 Å². The average Bonchev–Trinajstić information content (AvgIpc) is 2.84. The van der Waals surface area contributed by atoms with Crippen molar-refractivity contribution in [1.29, 1.82) is 0 Å². The maximum absolute atomic E-state index is 5.48. The molecule has 2 aromatic rings. The highest BCUT2D eigenvalue weighted by Crippen LogP contribution is 2.23. The standard InChI is InChI=1S/C19H30N6O/c1-8-20-19(22-10-16-14(4)24-25(6)15(16)5)23-11-17-13(3)18(26-7)12(2)9-21-17/h9H,8,10-11H2,1-7H3,(H2,20,22,23). The Hall–Kier alpha value is -2.57. The zero-order chi connectivity index (χ0) is 19.3. The lowest BCUT2D eigenvalue weighted by Crippen LogP contribution is -2.37. The fourth-order valence-electron chi connectivity index (χ4n) is 2.96. The number of aryl methyl sites for hydroxylation is 3. The van der Waals surface area contributed by atoms with Gasteiger partial charge >= 0.3 is 0 Å². The number of nitrogens with zero attached hydrogens (tertiary/aromatic N) is 4. The first kappa shape index (κ1) is 19.8. The Morgan fingerprint density at radius 3 is 2.54 bits per heavy atom. The van der Waals surface area contributed by atoms with Crippen LogP contribution in [0.2, 0.25) is 0 Å². The molecule has 0 aliphatic rings. The normalized spacial score (nSPS) is 11.6. The summed E-state index contributed by atoms with van der Waals surface area (Å²) in [5.41, 5.74) is 6.36. The summed E-state index contributed by atoms with van der Waals surface area (Å²) < 4.78 is 7.38. The summed E-state index contributed by atoms with van der Waals surface area (Å²) in [6.45, 7) is 12.1. The van der Waals surface area contributed by atoms with Crippen molar-refractivity contribution in [1.82, 2.24) is 25.4 Å². The molecule has 0 spiro atoms. The Morgan fingerprint density at radius 2 is 1.96 bits per heavy atom. The number of guanidine groups is 1. The third-order valence-electron chi connectivity index (χ3n) is 4.57. The highest BCUT2D eigenvalue weighted by Gasteiger charge is 2.11. The fourth-order valence-corrected chi connectivity index (χ4v) is 2.96. The highest BCUT2D eigenvalue weighted by molar-refractivity contribution is 5.79. The van der Waals surface area contributed by atoms with Crippen LogP contribution in [0.3, 0.4) is 0 Å². The average molecular weight is 358 g/mol. The number of methoxy groups -OCH3 is 1. The molecular weight excluding hydrogens is 328 g/mol. The number of aliphatic imine (C=N–C) groups is 1. The minimum Gasteiger partial charge on any atom is -0.496 e. The van der Waals surface area contributed by atoms with Crippen molar-refractivity contribution >= 4 is 5.96 Å². The van der Waals surface area contributed by atoms with E-state index in [1.165, 1.54) is 0 Å². The molecule has 2 N–H and O–H groups in total. The predicted molar refractivity (Wildman–Crippen MR) is 105 cm³/mol. The summed E-state index contributed by atoms with van der Waals surface area (Å²) in [6, 6.07) is 0. The number of nitrogens with one attached hydrogen (secondary N) is 2. The Morgan fingerprint density at radius 1 is 1.23 bits per heavy atom. The largest absolute Gasteiger partial charge is 0.496 e. The number of aromatic nitrogens is 3. The van der Waals surface area contributed by atoms with Crippen LogP contribution in [0.1, 0.15) is 40.7 Å². The van der Waals surface area contributed by atoms with Crippen LogP contribution < -0.4 is 15.4 Å². The van der Waals surface area contributed by atoms with E-state index >= 15 is 0 Å². The second-order valence-electron chi connectivity index (χ2n) is 6.37. The first-order valence-corrected chi connectivity index (χ1v) is 8.89. The van der Waals surface area contributed by atoms with Gasteiger partial charge in [0.05, 0.1) is 31.6 Å². The van der Waals surface area contributed by atoms with Gasteiger partial charge in [-0.25, -0.2) is 4.99 Å². The topological polar surface area (TPSA) is 76.4 Å². The van der Waals surface area contributed by atoms with E-state index in [4.69, 9.17) is 9.73 Å². The van der Waals surface area contributed by atoms with Crippen LogP contribution in [0.5, 0.6) is 5.75 Å². The number of rotatable bonds is 6. The van der Waals surface area contributed by atoms with Crippen molar-refractivity contribution in [3.8, 4) is 5.75 Å². The highest BCUT2D eigenvalue weighted by atomic mass is 16.5. The Kier molecular flexibility index (Phi) is 6.60. The van der Waals surface area contributed by atoms with Gasteiger partial charge in [0.15, 0.2) is 5.96 Å². The van der Waals surface area contributed by atoms with Gasteiger partial charge in [0.2, 0.25) is 0 Å². The zero-order valence-electron chi connectivity index (χ0n) is 16.9. The molecule has 0 saturated carbocycles. The van der Waals surface area contributed by atoms with Crippen molar-refractivity contribution in [2.45, 2.75) is 47.7 Å². The van der Waals surface area contributed by atoms with Crippen molar-refractivity contribution in [3.63, 3.8) is 0 Å².